The van der Waals surface area contributed by atoms with Gasteiger partial charge in [-0.15, -0.1) is 11.3 Å². The van der Waals surface area contributed by atoms with Crippen LogP contribution in [0.25, 0.3) is 0 Å². The van der Waals surface area contributed by atoms with Crippen LogP contribution in [-0.4, -0.2) is 40.4 Å². The van der Waals surface area contributed by atoms with Crippen LogP contribution in [0.4, 0.5) is 5.69 Å². The lowest BCUT2D eigenvalue weighted by molar-refractivity contribution is -0.131. The molecule has 6 heteroatoms. The van der Waals surface area contributed by atoms with E-state index in [1.54, 1.807) is 11.3 Å². The molecule has 5 nitrogen and oxygen atoms in total. The number of likely N-dealkylation sites (N-methyl/N-ethyl adjacent to an activating group) is 2. The van der Waals surface area contributed by atoms with Crippen molar-refractivity contribution in [1.29, 1.82) is 0 Å². The fourth-order valence-electron chi connectivity index (χ4n) is 4.72. The number of benzene rings is 1. The van der Waals surface area contributed by atoms with Crippen molar-refractivity contribution < 1.29 is 9.90 Å². The lowest BCUT2D eigenvalue weighted by Gasteiger charge is -2.36. The van der Waals surface area contributed by atoms with Crippen LogP contribution in [0, 0.1) is 5.92 Å². The third kappa shape index (κ3) is 3.79. The van der Waals surface area contributed by atoms with E-state index in [1.807, 2.05) is 25.1 Å². The maximum Gasteiger partial charge on any atom is 0.272 e. The number of carbonyl (C=O) groups is 1. The van der Waals surface area contributed by atoms with Gasteiger partial charge in [0.05, 0.1) is 0 Å². The van der Waals surface area contributed by atoms with Gasteiger partial charge in [0.2, 0.25) is 0 Å². The molecule has 0 aliphatic carbocycles. The third-order valence-electron chi connectivity index (χ3n) is 6.64. The fourth-order valence-corrected chi connectivity index (χ4v) is 5.57. The van der Waals surface area contributed by atoms with Crippen LogP contribution in [0.2, 0.25) is 0 Å². The predicted molar refractivity (Wildman–Crippen MR) is 132 cm³/mol. The number of aryl methyl sites for hydroxylation is 1. The summed E-state index contributed by atoms with van der Waals surface area (Å²) < 4.78 is 0. The molecule has 4 rings (SSSR count). The first-order valence-electron chi connectivity index (χ1n) is 11.4. The Balaban J connectivity index is 1.88. The molecular formula is C26H35N3O2S. The van der Waals surface area contributed by atoms with E-state index in [-0.39, 0.29) is 17.6 Å². The molecule has 0 spiro atoms. The molecule has 0 saturated carbocycles. The van der Waals surface area contributed by atoms with Gasteiger partial charge in [-0.2, -0.15) is 0 Å². The highest BCUT2D eigenvalue weighted by molar-refractivity contribution is 7.10. The zero-order chi connectivity index (χ0) is 23.4. The number of thiophene rings is 1. The summed E-state index contributed by atoms with van der Waals surface area (Å²) in [4.78, 5) is 21.3. The minimum absolute atomic E-state index is 0.0590. The summed E-state index contributed by atoms with van der Waals surface area (Å²) in [6.45, 7) is 10.5. The van der Waals surface area contributed by atoms with E-state index in [9.17, 15) is 9.90 Å². The number of rotatable bonds is 4. The number of amides is 1. The van der Waals surface area contributed by atoms with Crippen molar-refractivity contribution in [2.75, 3.05) is 19.0 Å². The summed E-state index contributed by atoms with van der Waals surface area (Å²) >= 11 is 1.72. The van der Waals surface area contributed by atoms with Gasteiger partial charge < -0.3 is 19.8 Å². The summed E-state index contributed by atoms with van der Waals surface area (Å²) in [6, 6.07) is 8.31. The second-order valence-electron chi connectivity index (χ2n) is 10.4. The van der Waals surface area contributed by atoms with E-state index in [4.69, 9.17) is 0 Å². The van der Waals surface area contributed by atoms with E-state index >= 15 is 0 Å². The van der Waals surface area contributed by atoms with Gasteiger partial charge in [0.15, 0.2) is 0 Å². The quantitative estimate of drug-likeness (QED) is 0.662. The molecule has 0 bridgehead atoms. The Bertz CT molecular complexity index is 1050. The number of anilines is 1. The Morgan fingerprint density at radius 3 is 2.59 bits per heavy atom. The van der Waals surface area contributed by atoms with Gasteiger partial charge in [-0.25, -0.2) is 0 Å². The van der Waals surface area contributed by atoms with Crippen LogP contribution in [0.3, 0.4) is 0 Å². The molecule has 3 heterocycles. The highest BCUT2D eigenvalue weighted by Gasteiger charge is 2.45. The van der Waals surface area contributed by atoms with Crippen LogP contribution in [-0.2, 0) is 17.6 Å². The highest BCUT2D eigenvalue weighted by Crippen LogP contribution is 2.50. The number of allylic oxidation sites excluding steroid dienone is 1. The van der Waals surface area contributed by atoms with Crippen LogP contribution in [0.5, 0.6) is 5.75 Å². The Labute approximate surface area is 196 Å². The van der Waals surface area contributed by atoms with Gasteiger partial charge in [0.1, 0.15) is 17.6 Å². The van der Waals surface area contributed by atoms with Gasteiger partial charge >= 0.3 is 0 Å². The van der Waals surface area contributed by atoms with E-state index in [0.29, 0.717) is 11.7 Å². The predicted octanol–water partition coefficient (Wildman–Crippen LogP) is 5.52. The van der Waals surface area contributed by atoms with Crippen molar-refractivity contribution in [3.05, 3.63) is 57.0 Å². The number of nitrogens with zero attached hydrogens (tertiary/aromatic N) is 3. The molecule has 0 saturated heterocycles. The SMILES string of the molecule is CC(C)Cc1cc2c(cc1O)CCC1=C(C(=O)N(C)C(C)(C)C)N(C)C(c3cccs3)N12. The number of hydrogen-bond acceptors (Lipinski definition) is 5. The summed E-state index contributed by atoms with van der Waals surface area (Å²) in [5, 5.41) is 12.8. The molecule has 0 fully saturated rings. The summed E-state index contributed by atoms with van der Waals surface area (Å²) in [5.74, 6) is 0.891. The normalized spacial score (nSPS) is 18.3. The molecular weight excluding hydrogens is 418 g/mol. The monoisotopic (exact) mass is 453 g/mol. The first kappa shape index (κ1) is 22.7. The average Bonchev–Trinajstić information content (AvgIpc) is 3.32. The first-order chi connectivity index (χ1) is 15.0. The maximum atomic E-state index is 13.7. The topological polar surface area (TPSA) is 47.0 Å². The third-order valence-corrected chi connectivity index (χ3v) is 7.55. The number of hydrogen-bond donors (Lipinski definition) is 1. The molecule has 172 valence electrons. The number of fused-ring (bicyclic) bond motifs is 3. The Morgan fingerprint density at radius 1 is 1.28 bits per heavy atom. The largest absolute Gasteiger partial charge is 0.508 e. The lowest BCUT2D eigenvalue weighted by atomic mass is 9.93. The zero-order valence-electron chi connectivity index (χ0n) is 20.3. The van der Waals surface area contributed by atoms with E-state index in [1.165, 1.54) is 4.88 Å². The summed E-state index contributed by atoms with van der Waals surface area (Å²) in [7, 11) is 3.93. The molecule has 2 aromatic rings. The minimum Gasteiger partial charge on any atom is -0.508 e. The lowest BCUT2D eigenvalue weighted by Crippen LogP contribution is -2.45. The van der Waals surface area contributed by atoms with Crippen molar-refractivity contribution in [3.63, 3.8) is 0 Å². The van der Waals surface area contributed by atoms with Crippen molar-refractivity contribution in [1.82, 2.24) is 9.80 Å². The molecule has 1 N–H and O–H groups in total. The van der Waals surface area contributed by atoms with Crippen molar-refractivity contribution in [2.45, 2.75) is 65.6 Å². The summed E-state index contributed by atoms with van der Waals surface area (Å²) in [6.07, 6.45) is 2.36. The number of phenols is 1. The molecule has 32 heavy (non-hydrogen) atoms. The second-order valence-corrected chi connectivity index (χ2v) is 11.4. The van der Waals surface area contributed by atoms with Crippen molar-refractivity contribution in [3.8, 4) is 5.75 Å². The van der Waals surface area contributed by atoms with Crippen molar-refractivity contribution in [2.24, 2.45) is 5.92 Å². The minimum atomic E-state index is -0.264. The molecule has 1 unspecified atom stereocenters. The second kappa shape index (κ2) is 8.14. The molecule has 0 radical (unpaired) electrons. The molecule has 1 aromatic carbocycles. The average molecular weight is 454 g/mol. The van der Waals surface area contributed by atoms with Crippen LogP contribution >= 0.6 is 11.3 Å². The van der Waals surface area contributed by atoms with Crippen LogP contribution < -0.4 is 4.90 Å². The van der Waals surface area contributed by atoms with Gasteiger partial charge in [0.25, 0.3) is 5.91 Å². The van der Waals surface area contributed by atoms with Gasteiger partial charge in [0, 0.05) is 35.9 Å². The van der Waals surface area contributed by atoms with E-state index in [2.05, 4.69) is 68.0 Å². The Hall–Kier alpha value is -2.47. The fraction of sp³-hybridized carbons (Fsp3) is 0.500. The standard InChI is InChI=1S/C26H35N3O2S/c1-16(2)13-18-14-20-17(15-21(18)30)10-11-19-23(25(31)28(7)26(3,4)5)27(6)24(29(19)20)22-9-8-12-32-22/h8-9,12,14-16,24,30H,10-11,13H2,1-7H3. The van der Waals surface area contributed by atoms with Crippen LogP contribution in [0.15, 0.2) is 41.0 Å². The van der Waals surface area contributed by atoms with Crippen LogP contribution in [0.1, 0.15) is 63.2 Å². The Kier molecular flexibility index (Phi) is 5.78. The highest BCUT2D eigenvalue weighted by atomic mass is 32.1. The molecule has 2 aliphatic rings. The van der Waals surface area contributed by atoms with Gasteiger partial charge in [-0.05, 0) is 80.7 Å². The van der Waals surface area contributed by atoms with Gasteiger partial charge in [-0.3, -0.25) is 4.79 Å². The zero-order valence-corrected chi connectivity index (χ0v) is 21.1. The molecule has 1 amide bonds. The maximum absolute atomic E-state index is 13.7. The van der Waals surface area contributed by atoms with Gasteiger partial charge in [-0.1, -0.05) is 19.9 Å². The number of phenolic OH excluding ortho intramolecular Hbond substituents is 1. The first-order valence-corrected chi connectivity index (χ1v) is 12.3. The number of carbonyl (C=O) groups excluding carboxylic acids is 1. The molecule has 1 atom stereocenters. The molecule has 1 aromatic heterocycles. The molecule has 2 aliphatic heterocycles. The Morgan fingerprint density at radius 2 is 2.00 bits per heavy atom. The smallest absolute Gasteiger partial charge is 0.272 e. The van der Waals surface area contributed by atoms with E-state index in [0.717, 1.165) is 47.5 Å². The van der Waals surface area contributed by atoms with Crippen molar-refractivity contribution >= 4 is 22.9 Å². The van der Waals surface area contributed by atoms with E-state index < -0.39 is 0 Å². The number of aromatic hydroxyl groups is 1. The summed E-state index contributed by atoms with van der Waals surface area (Å²) in [5.41, 5.74) is 4.84.